The van der Waals surface area contributed by atoms with Gasteiger partial charge in [-0.05, 0) is 54.8 Å². The summed E-state index contributed by atoms with van der Waals surface area (Å²) in [7, 11) is -3.83. The third-order valence-electron chi connectivity index (χ3n) is 6.15. The van der Waals surface area contributed by atoms with Gasteiger partial charge in [-0.1, -0.05) is 53.8 Å². The molecule has 1 atom stereocenters. The van der Waals surface area contributed by atoms with Crippen molar-refractivity contribution in [1.82, 2.24) is 9.29 Å². The number of amides is 1. The summed E-state index contributed by atoms with van der Waals surface area (Å²) in [6.07, 6.45) is 1.15. The molecule has 1 aliphatic rings. The Balaban J connectivity index is 1.43. The van der Waals surface area contributed by atoms with Crippen LogP contribution in [0.2, 0.25) is 0 Å². The number of nitrogens with zero attached hydrogens (tertiary/aromatic N) is 3. The fourth-order valence-electron chi connectivity index (χ4n) is 4.32. The summed E-state index contributed by atoms with van der Waals surface area (Å²) in [6, 6.07) is 22.2. The van der Waals surface area contributed by atoms with Gasteiger partial charge in [-0.3, -0.25) is 9.69 Å². The Labute approximate surface area is 207 Å². The van der Waals surface area contributed by atoms with Crippen molar-refractivity contribution in [3.8, 4) is 0 Å². The van der Waals surface area contributed by atoms with E-state index in [0.29, 0.717) is 31.1 Å². The molecule has 6 nitrogen and oxygen atoms in total. The van der Waals surface area contributed by atoms with E-state index in [1.807, 2.05) is 54.6 Å². The summed E-state index contributed by atoms with van der Waals surface area (Å²) in [5, 5.41) is 0.596. The maximum atomic E-state index is 13.9. The number of halogens is 1. The van der Waals surface area contributed by atoms with E-state index in [1.54, 1.807) is 4.90 Å². The normalized spacial score (nSPS) is 16.9. The number of carbonyl (C=O) groups is 1. The summed E-state index contributed by atoms with van der Waals surface area (Å²) in [5.74, 6) is -1.15. The third kappa shape index (κ3) is 4.98. The molecule has 1 saturated heterocycles. The van der Waals surface area contributed by atoms with Crippen LogP contribution in [0.4, 0.5) is 9.52 Å². The van der Waals surface area contributed by atoms with E-state index in [0.717, 1.165) is 27.9 Å². The highest BCUT2D eigenvalue weighted by molar-refractivity contribution is 7.89. The summed E-state index contributed by atoms with van der Waals surface area (Å²) >= 11 is 1.45. The fraction of sp³-hybridized carbons (Fsp3) is 0.231. The lowest BCUT2D eigenvalue weighted by molar-refractivity contribution is -0.123. The monoisotopic (exact) mass is 509 g/mol. The zero-order chi connectivity index (χ0) is 24.4. The topological polar surface area (TPSA) is 70.6 Å². The Kier molecular flexibility index (Phi) is 6.64. The fourth-order valence-corrected chi connectivity index (χ4v) is 6.81. The number of thiazole rings is 1. The number of sulfonamides is 1. The minimum absolute atomic E-state index is 0.0271. The quantitative estimate of drug-likeness (QED) is 0.364. The highest BCUT2D eigenvalue weighted by atomic mass is 32.2. The first-order valence-electron chi connectivity index (χ1n) is 11.4. The highest BCUT2D eigenvalue weighted by Crippen LogP contribution is 2.33. The van der Waals surface area contributed by atoms with Gasteiger partial charge in [-0.15, -0.1) is 0 Å². The van der Waals surface area contributed by atoms with E-state index in [1.165, 1.54) is 27.8 Å². The molecular formula is C26H24FN3O3S2. The lowest BCUT2D eigenvalue weighted by Gasteiger charge is -2.33. The zero-order valence-electron chi connectivity index (χ0n) is 18.9. The van der Waals surface area contributed by atoms with Gasteiger partial charge in [0.25, 0.3) is 0 Å². The van der Waals surface area contributed by atoms with Crippen LogP contribution in [0.3, 0.4) is 0 Å². The van der Waals surface area contributed by atoms with Gasteiger partial charge in [-0.2, -0.15) is 4.31 Å². The molecule has 180 valence electrons. The molecule has 4 aromatic rings. The number of rotatable bonds is 6. The SMILES string of the molecule is O=C(C1CCCN(S(=O)(=O)c2ccc(F)cc2)C1)N(Cc1ccccc1)c1nc2ccccc2s1. The van der Waals surface area contributed by atoms with E-state index in [2.05, 4.69) is 0 Å². The molecule has 1 amide bonds. The van der Waals surface area contributed by atoms with Crippen molar-refractivity contribution in [2.45, 2.75) is 24.3 Å². The summed E-state index contributed by atoms with van der Waals surface area (Å²) in [6.45, 7) is 0.749. The number of fused-ring (bicyclic) bond motifs is 1. The Morgan fingerprint density at radius 3 is 2.49 bits per heavy atom. The van der Waals surface area contributed by atoms with E-state index in [-0.39, 0.29) is 17.3 Å². The van der Waals surface area contributed by atoms with Crippen molar-refractivity contribution in [1.29, 1.82) is 0 Å². The number of aromatic nitrogens is 1. The third-order valence-corrected chi connectivity index (χ3v) is 9.09. The zero-order valence-corrected chi connectivity index (χ0v) is 20.5. The van der Waals surface area contributed by atoms with Crippen molar-refractivity contribution in [3.05, 3.63) is 90.2 Å². The largest absolute Gasteiger partial charge is 0.283 e. The van der Waals surface area contributed by atoms with Crippen LogP contribution in [0.5, 0.6) is 0 Å². The lowest BCUT2D eigenvalue weighted by Crippen LogP contribution is -2.46. The number of hydrogen-bond donors (Lipinski definition) is 0. The maximum Gasteiger partial charge on any atom is 0.243 e. The first-order chi connectivity index (χ1) is 16.9. The van der Waals surface area contributed by atoms with Gasteiger partial charge in [0.15, 0.2) is 5.13 Å². The molecule has 35 heavy (non-hydrogen) atoms. The predicted molar refractivity (Wildman–Crippen MR) is 135 cm³/mol. The second kappa shape index (κ2) is 9.85. The smallest absolute Gasteiger partial charge is 0.243 e. The molecule has 0 spiro atoms. The Morgan fingerprint density at radius 2 is 1.74 bits per heavy atom. The number of anilines is 1. The maximum absolute atomic E-state index is 13.9. The summed E-state index contributed by atoms with van der Waals surface area (Å²) in [5.41, 5.74) is 1.79. The molecule has 1 unspecified atom stereocenters. The minimum atomic E-state index is -3.83. The van der Waals surface area contributed by atoms with Gasteiger partial charge in [0, 0.05) is 13.1 Å². The Hall–Kier alpha value is -3.14. The molecular weight excluding hydrogens is 485 g/mol. The lowest BCUT2D eigenvalue weighted by atomic mass is 9.98. The number of benzene rings is 3. The second-order valence-corrected chi connectivity index (χ2v) is 11.5. The van der Waals surface area contributed by atoms with E-state index in [4.69, 9.17) is 4.98 Å². The molecule has 0 aliphatic carbocycles. The van der Waals surface area contributed by atoms with E-state index < -0.39 is 21.8 Å². The van der Waals surface area contributed by atoms with Crippen LogP contribution in [-0.2, 0) is 21.4 Å². The number of piperidine rings is 1. The second-order valence-electron chi connectivity index (χ2n) is 8.53. The molecule has 0 radical (unpaired) electrons. The Morgan fingerprint density at radius 1 is 1.03 bits per heavy atom. The van der Waals surface area contributed by atoms with E-state index in [9.17, 15) is 17.6 Å². The van der Waals surface area contributed by atoms with Gasteiger partial charge >= 0.3 is 0 Å². The minimum Gasteiger partial charge on any atom is -0.283 e. The van der Waals surface area contributed by atoms with Crippen LogP contribution < -0.4 is 4.90 Å². The van der Waals surface area contributed by atoms with Crippen LogP contribution in [0.25, 0.3) is 10.2 Å². The Bertz CT molecular complexity index is 1410. The van der Waals surface area contributed by atoms with Gasteiger partial charge in [0.05, 0.1) is 27.6 Å². The number of carbonyl (C=O) groups excluding carboxylic acids is 1. The standard InChI is InChI=1S/C26H24FN3O3S2/c27-21-12-14-22(15-13-21)35(32,33)29-16-6-9-20(18-29)25(31)30(17-19-7-2-1-3-8-19)26-28-23-10-4-5-11-24(23)34-26/h1-5,7-8,10-15,20H,6,9,16-18H2. The van der Waals surface area contributed by atoms with Crippen molar-refractivity contribution in [2.24, 2.45) is 5.92 Å². The van der Waals surface area contributed by atoms with Crippen molar-refractivity contribution in [2.75, 3.05) is 18.0 Å². The average molecular weight is 510 g/mol. The highest BCUT2D eigenvalue weighted by Gasteiger charge is 2.36. The molecule has 5 rings (SSSR count). The molecule has 9 heteroatoms. The van der Waals surface area contributed by atoms with Gasteiger partial charge < -0.3 is 0 Å². The van der Waals surface area contributed by atoms with Crippen molar-refractivity contribution < 1.29 is 17.6 Å². The molecule has 0 saturated carbocycles. The van der Waals surface area contributed by atoms with Gasteiger partial charge in [0.1, 0.15) is 5.82 Å². The van der Waals surface area contributed by atoms with Crippen LogP contribution in [0.15, 0.2) is 83.8 Å². The van der Waals surface area contributed by atoms with Gasteiger partial charge in [-0.25, -0.2) is 17.8 Å². The van der Waals surface area contributed by atoms with Crippen LogP contribution in [-0.4, -0.2) is 36.7 Å². The summed E-state index contributed by atoms with van der Waals surface area (Å²) in [4.78, 5) is 20.3. The first kappa shape index (κ1) is 23.6. The van der Waals surface area contributed by atoms with Crippen LogP contribution in [0.1, 0.15) is 18.4 Å². The van der Waals surface area contributed by atoms with Crippen LogP contribution in [0, 0.1) is 11.7 Å². The molecule has 1 aromatic heterocycles. The molecule has 0 bridgehead atoms. The van der Waals surface area contributed by atoms with Crippen molar-refractivity contribution in [3.63, 3.8) is 0 Å². The molecule has 1 aliphatic heterocycles. The number of hydrogen-bond acceptors (Lipinski definition) is 5. The van der Waals surface area contributed by atoms with E-state index >= 15 is 0 Å². The molecule has 3 aromatic carbocycles. The first-order valence-corrected chi connectivity index (χ1v) is 13.6. The van der Waals surface area contributed by atoms with Crippen molar-refractivity contribution >= 4 is 42.6 Å². The number of para-hydroxylation sites is 1. The van der Waals surface area contributed by atoms with Crippen LogP contribution >= 0.6 is 11.3 Å². The van der Waals surface area contributed by atoms with Gasteiger partial charge in [0.2, 0.25) is 15.9 Å². The predicted octanol–water partition coefficient (Wildman–Crippen LogP) is 5.07. The average Bonchev–Trinajstić information content (AvgIpc) is 3.32. The molecule has 1 fully saturated rings. The summed E-state index contributed by atoms with van der Waals surface area (Å²) < 4.78 is 42.0. The molecule has 0 N–H and O–H groups in total. The molecule has 2 heterocycles.